The molecule has 0 aliphatic carbocycles. The lowest BCUT2D eigenvalue weighted by Gasteiger charge is -2.25. The van der Waals surface area contributed by atoms with Crippen LogP contribution >= 0.6 is 54.5 Å². The fourth-order valence-corrected chi connectivity index (χ4v) is 11.5. The molecule has 2 aliphatic rings. The minimum absolute atomic E-state index is 0.0270. The van der Waals surface area contributed by atoms with E-state index in [-0.39, 0.29) is 11.8 Å². The molecule has 0 spiro atoms. The van der Waals surface area contributed by atoms with Gasteiger partial charge in [-0.05, 0) is 81.5 Å². The van der Waals surface area contributed by atoms with E-state index in [0.717, 1.165) is 54.6 Å². The molecule has 4 nitrogen and oxygen atoms in total. The SMILES string of the molecule is CCCCCCCCC(CCCCCC)CN1C(=O)C(=C2C(=O)N(CC(CCCCCC)CCCCCCCC)c3cc(Br)sc32)c2sc(Br)cc21. The van der Waals surface area contributed by atoms with Crippen LogP contribution in [0.5, 0.6) is 0 Å². The zero-order chi connectivity index (χ0) is 37.3. The van der Waals surface area contributed by atoms with Crippen molar-refractivity contribution in [2.45, 2.75) is 182 Å². The molecule has 2 atom stereocenters. The van der Waals surface area contributed by atoms with Gasteiger partial charge in [0, 0.05) is 13.1 Å². The van der Waals surface area contributed by atoms with Gasteiger partial charge in [0.2, 0.25) is 0 Å². The second kappa shape index (κ2) is 23.8. The van der Waals surface area contributed by atoms with Crippen LogP contribution in [-0.4, -0.2) is 24.9 Å². The van der Waals surface area contributed by atoms with E-state index >= 15 is 0 Å². The molecule has 0 aromatic carbocycles. The number of hydrogen-bond donors (Lipinski definition) is 0. The molecule has 8 heteroatoms. The molecule has 292 valence electrons. The Morgan fingerprint density at radius 3 is 1.10 bits per heavy atom. The van der Waals surface area contributed by atoms with Crippen molar-refractivity contribution in [1.82, 2.24) is 0 Å². The van der Waals surface area contributed by atoms with Gasteiger partial charge in [-0.2, -0.15) is 0 Å². The van der Waals surface area contributed by atoms with Crippen LogP contribution in [0.15, 0.2) is 19.7 Å². The summed E-state index contributed by atoms with van der Waals surface area (Å²) in [5.74, 6) is 0.999. The number of anilines is 2. The lowest BCUT2D eigenvalue weighted by atomic mass is 9.93. The van der Waals surface area contributed by atoms with Crippen LogP contribution < -0.4 is 9.80 Å². The van der Waals surface area contributed by atoms with Crippen molar-refractivity contribution >= 4 is 88.9 Å². The topological polar surface area (TPSA) is 40.6 Å². The second-order valence-electron chi connectivity index (χ2n) is 15.7. The first-order chi connectivity index (χ1) is 25.3. The average molecular weight is 881 g/mol. The summed E-state index contributed by atoms with van der Waals surface area (Å²) in [5, 5.41) is 0. The average Bonchev–Trinajstić information content (AvgIpc) is 3.82. The highest BCUT2D eigenvalue weighted by Gasteiger charge is 2.45. The molecule has 2 amide bonds. The highest BCUT2D eigenvalue weighted by molar-refractivity contribution is 9.11. The fourth-order valence-electron chi connectivity index (χ4n) is 8.27. The minimum Gasteiger partial charge on any atom is -0.306 e. The highest BCUT2D eigenvalue weighted by Crippen LogP contribution is 2.53. The molecule has 0 N–H and O–H groups in total. The third-order valence-corrected chi connectivity index (χ3v) is 14.6. The predicted molar refractivity (Wildman–Crippen MR) is 236 cm³/mol. The summed E-state index contributed by atoms with van der Waals surface area (Å²) in [4.78, 5) is 35.4. The van der Waals surface area contributed by atoms with Crippen LogP contribution in [0, 0.1) is 11.8 Å². The summed E-state index contributed by atoms with van der Waals surface area (Å²) in [6.07, 6.45) is 30.2. The van der Waals surface area contributed by atoms with E-state index in [1.807, 2.05) is 9.80 Å². The van der Waals surface area contributed by atoms with Gasteiger partial charge in [-0.1, -0.05) is 156 Å². The van der Waals surface area contributed by atoms with Crippen LogP contribution in [0.4, 0.5) is 11.4 Å². The molecule has 4 rings (SSSR count). The molecule has 52 heavy (non-hydrogen) atoms. The Balaban J connectivity index is 1.57. The normalized spacial score (nSPS) is 16.7. The van der Waals surface area contributed by atoms with Crippen molar-refractivity contribution in [3.8, 4) is 0 Å². The van der Waals surface area contributed by atoms with E-state index in [0.29, 0.717) is 23.0 Å². The predicted octanol–water partition coefficient (Wildman–Crippen LogP) is 15.6. The maximum absolute atomic E-state index is 14.7. The molecule has 0 saturated carbocycles. The zero-order valence-corrected chi connectivity index (χ0v) is 37.8. The first-order valence-corrected chi connectivity index (χ1v) is 24.5. The minimum atomic E-state index is 0.0270. The van der Waals surface area contributed by atoms with Crippen molar-refractivity contribution in [1.29, 1.82) is 0 Å². The van der Waals surface area contributed by atoms with Gasteiger partial charge in [0.25, 0.3) is 11.8 Å². The van der Waals surface area contributed by atoms with Crippen molar-refractivity contribution in [2.75, 3.05) is 22.9 Å². The summed E-state index contributed by atoms with van der Waals surface area (Å²) in [7, 11) is 0. The van der Waals surface area contributed by atoms with Gasteiger partial charge in [0.1, 0.15) is 0 Å². The first kappa shape index (κ1) is 43.8. The van der Waals surface area contributed by atoms with E-state index in [4.69, 9.17) is 0 Å². The monoisotopic (exact) mass is 878 g/mol. The standard InChI is InChI=1S/C44H68Br2N2O2S2/c1-5-9-13-17-19-23-27-33(25-21-15-11-7-3)31-47-35-29-37(45)51-41(35)39(43(47)49)40-42-36(30-38(46)52-42)48(44(40)50)32-34(26-22-16-12-8-4)28-24-20-18-14-10-6-2/h29-30,33-34H,5-28,31-32H2,1-4H3. The number of carbonyl (C=O) groups is 2. The van der Waals surface area contributed by atoms with E-state index < -0.39 is 0 Å². The maximum atomic E-state index is 14.7. The van der Waals surface area contributed by atoms with E-state index in [1.165, 1.54) is 141 Å². The van der Waals surface area contributed by atoms with Crippen LogP contribution in [-0.2, 0) is 9.59 Å². The van der Waals surface area contributed by atoms with Gasteiger partial charge >= 0.3 is 0 Å². The fraction of sp³-hybridized carbons (Fsp3) is 0.727. The van der Waals surface area contributed by atoms with Gasteiger partial charge in [-0.15, -0.1) is 22.7 Å². The number of unbranched alkanes of at least 4 members (excludes halogenated alkanes) is 16. The lowest BCUT2D eigenvalue weighted by molar-refractivity contribution is -0.114. The second-order valence-corrected chi connectivity index (χ2v) is 20.5. The maximum Gasteiger partial charge on any atom is 0.260 e. The van der Waals surface area contributed by atoms with Gasteiger partial charge in [-0.25, -0.2) is 0 Å². The largest absolute Gasteiger partial charge is 0.306 e. The molecule has 0 saturated heterocycles. The quantitative estimate of drug-likeness (QED) is 0.0631. The molecule has 4 heterocycles. The summed E-state index contributed by atoms with van der Waals surface area (Å²) >= 11 is 10.8. The summed E-state index contributed by atoms with van der Waals surface area (Å²) in [6, 6.07) is 4.25. The van der Waals surface area contributed by atoms with Crippen LogP contribution in [0.25, 0.3) is 11.1 Å². The number of fused-ring (bicyclic) bond motifs is 2. The molecular formula is C44H68Br2N2O2S2. The Morgan fingerprint density at radius 1 is 0.481 bits per heavy atom. The van der Waals surface area contributed by atoms with E-state index in [1.54, 1.807) is 22.7 Å². The van der Waals surface area contributed by atoms with Crippen LogP contribution in [0.1, 0.15) is 192 Å². The van der Waals surface area contributed by atoms with E-state index in [2.05, 4.69) is 71.7 Å². The molecule has 2 aliphatic heterocycles. The Morgan fingerprint density at radius 2 is 0.769 bits per heavy atom. The lowest BCUT2D eigenvalue weighted by Crippen LogP contribution is -2.34. The number of halogens is 2. The molecular weight excluding hydrogens is 812 g/mol. The summed E-state index contributed by atoms with van der Waals surface area (Å²) < 4.78 is 2.04. The third kappa shape index (κ3) is 12.5. The molecule has 0 bridgehead atoms. The Bertz CT molecular complexity index is 1310. The Kier molecular flexibility index (Phi) is 20.1. The molecule has 2 unspecified atom stereocenters. The molecule has 0 fully saturated rings. The first-order valence-electron chi connectivity index (χ1n) is 21.3. The van der Waals surface area contributed by atoms with Crippen molar-refractivity contribution in [3.63, 3.8) is 0 Å². The summed E-state index contributed by atoms with van der Waals surface area (Å²) in [6.45, 7) is 10.6. The number of nitrogens with zero attached hydrogens (tertiary/aromatic N) is 2. The van der Waals surface area contributed by atoms with Gasteiger partial charge in [0.15, 0.2) is 0 Å². The van der Waals surface area contributed by atoms with Crippen molar-refractivity contribution in [2.24, 2.45) is 11.8 Å². The molecule has 2 aromatic rings. The highest BCUT2D eigenvalue weighted by atomic mass is 79.9. The van der Waals surface area contributed by atoms with Crippen LogP contribution in [0.2, 0.25) is 0 Å². The van der Waals surface area contributed by atoms with E-state index in [9.17, 15) is 9.59 Å². The Labute approximate surface area is 342 Å². The number of rotatable bonds is 28. The molecule has 2 aromatic heterocycles. The Hall–Kier alpha value is -0.960. The number of thiophene rings is 2. The smallest absolute Gasteiger partial charge is 0.260 e. The van der Waals surface area contributed by atoms with Gasteiger partial charge < -0.3 is 9.80 Å². The van der Waals surface area contributed by atoms with Gasteiger partial charge in [0.05, 0.1) is 39.8 Å². The van der Waals surface area contributed by atoms with Crippen molar-refractivity contribution < 1.29 is 9.59 Å². The third-order valence-electron chi connectivity index (χ3n) is 11.3. The molecule has 0 radical (unpaired) electrons. The van der Waals surface area contributed by atoms with Crippen LogP contribution in [0.3, 0.4) is 0 Å². The van der Waals surface area contributed by atoms with Crippen molar-refractivity contribution in [3.05, 3.63) is 29.5 Å². The number of amides is 2. The zero-order valence-electron chi connectivity index (χ0n) is 33.0. The summed E-state index contributed by atoms with van der Waals surface area (Å²) in [5.41, 5.74) is 3.25. The van der Waals surface area contributed by atoms with Gasteiger partial charge in [-0.3, -0.25) is 9.59 Å². The number of hydrogen-bond acceptors (Lipinski definition) is 4. The number of carbonyl (C=O) groups excluding carboxylic acids is 2.